The van der Waals surface area contributed by atoms with Gasteiger partial charge in [-0.25, -0.2) is 4.79 Å². The van der Waals surface area contributed by atoms with Gasteiger partial charge in [0.15, 0.2) is 0 Å². The summed E-state index contributed by atoms with van der Waals surface area (Å²) in [5.74, 6) is -3.15. The Kier molecular flexibility index (Phi) is 14.3. The molecule has 2 N–H and O–H groups in total. The fourth-order valence-corrected chi connectivity index (χ4v) is 7.49. The lowest BCUT2D eigenvalue weighted by molar-refractivity contribution is -0.166. The smallest absolute Gasteiger partial charge is 0.329 e. The van der Waals surface area contributed by atoms with Crippen LogP contribution in [0.1, 0.15) is 96.6 Å². The fraction of sp³-hybridized carbons (Fsp3) is 0.556. The highest BCUT2D eigenvalue weighted by Gasteiger charge is 2.41. The summed E-state index contributed by atoms with van der Waals surface area (Å²) in [5.41, 5.74) is -0.224. The molecule has 0 aliphatic rings. The van der Waals surface area contributed by atoms with E-state index in [1.165, 1.54) is 10.8 Å². The number of aryl methyl sites for hydroxylation is 2. The standard InChI is InChI=1S/C36H52N2O6S2/c1-23(2)20-28(33(42)44-35(8,9)10)37-30(39)27(32(41)43-34(5,6)7)21-36(11,22-45-46-29-19-15-13-17-25(29)4)38-31(40)26-18-14-12-16-24(26)3/h12-19,23,27-28H,20-22H2,1-11H3,(H,37,39)(H,38,40). The van der Waals surface area contributed by atoms with Crippen LogP contribution in [-0.2, 0) is 23.9 Å². The maximum atomic E-state index is 14.0. The van der Waals surface area contributed by atoms with Gasteiger partial charge in [0.25, 0.3) is 5.91 Å². The molecule has 2 aromatic rings. The van der Waals surface area contributed by atoms with E-state index in [9.17, 15) is 19.2 Å². The van der Waals surface area contributed by atoms with E-state index in [4.69, 9.17) is 9.47 Å². The van der Waals surface area contributed by atoms with E-state index >= 15 is 0 Å². The molecule has 0 aliphatic heterocycles. The minimum Gasteiger partial charge on any atom is -0.459 e. The first-order valence-electron chi connectivity index (χ1n) is 15.7. The Morgan fingerprint density at radius 2 is 1.33 bits per heavy atom. The highest BCUT2D eigenvalue weighted by molar-refractivity contribution is 8.76. The molecule has 254 valence electrons. The zero-order chi connectivity index (χ0) is 34.9. The third-order valence-corrected chi connectivity index (χ3v) is 9.56. The van der Waals surface area contributed by atoms with Gasteiger partial charge in [0, 0.05) is 21.8 Å². The number of rotatable bonds is 14. The molecule has 0 aliphatic carbocycles. The number of carbonyl (C=O) groups excluding carboxylic acids is 4. The van der Waals surface area contributed by atoms with Crippen molar-refractivity contribution in [3.8, 4) is 0 Å². The molecule has 3 atom stereocenters. The van der Waals surface area contributed by atoms with Crippen LogP contribution in [0.4, 0.5) is 0 Å². The Bertz CT molecular complexity index is 1360. The van der Waals surface area contributed by atoms with Crippen LogP contribution in [0.5, 0.6) is 0 Å². The van der Waals surface area contributed by atoms with Crippen LogP contribution in [0.3, 0.4) is 0 Å². The molecule has 0 bridgehead atoms. The zero-order valence-corrected chi connectivity index (χ0v) is 30.9. The summed E-state index contributed by atoms with van der Waals surface area (Å²) in [7, 11) is 3.09. The van der Waals surface area contributed by atoms with Crippen molar-refractivity contribution in [2.24, 2.45) is 11.8 Å². The first kappa shape index (κ1) is 39.2. The predicted molar refractivity (Wildman–Crippen MR) is 188 cm³/mol. The Balaban J connectivity index is 2.48. The summed E-state index contributed by atoms with van der Waals surface area (Å²) in [4.78, 5) is 55.6. The molecule has 46 heavy (non-hydrogen) atoms. The summed E-state index contributed by atoms with van der Waals surface area (Å²) < 4.78 is 11.3. The molecule has 0 radical (unpaired) electrons. The molecular formula is C36H52N2O6S2. The predicted octanol–water partition coefficient (Wildman–Crippen LogP) is 7.45. The van der Waals surface area contributed by atoms with E-state index in [0.717, 1.165) is 16.0 Å². The zero-order valence-electron chi connectivity index (χ0n) is 29.2. The monoisotopic (exact) mass is 672 g/mol. The van der Waals surface area contributed by atoms with Crippen LogP contribution >= 0.6 is 21.6 Å². The van der Waals surface area contributed by atoms with Crippen LogP contribution in [-0.4, -0.2) is 52.3 Å². The molecule has 2 rings (SSSR count). The van der Waals surface area contributed by atoms with Gasteiger partial charge >= 0.3 is 11.9 Å². The maximum absolute atomic E-state index is 14.0. The number of amides is 2. The fourth-order valence-electron chi connectivity index (χ4n) is 4.63. The van der Waals surface area contributed by atoms with Gasteiger partial charge in [-0.2, -0.15) is 0 Å². The number of ether oxygens (including phenoxy) is 2. The topological polar surface area (TPSA) is 111 Å². The lowest BCUT2D eigenvalue weighted by atomic mass is 9.88. The second-order valence-electron chi connectivity index (χ2n) is 14.5. The molecule has 0 heterocycles. The molecule has 0 saturated carbocycles. The van der Waals surface area contributed by atoms with Gasteiger partial charge in [0.05, 0.1) is 0 Å². The van der Waals surface area contributed by atoms with E-state index in [1.807, 2.05) is 71.0 Å². The van der Waals surface area contributed by atoms with Gasteiger partial charge in [0.2, 0.25) is 5.91 Å². The lowest BCUT2D eigenvalue weighted by Crippen LogP contribution is -2.54. The Morgan fingerprint density at radius 3 is 1.87 bits per heavy atom. The Labute approximate surface area is 283 Å². The van der Waals surface area contributed by atoms with Gasteiger partial charge in [-0.15, -0.1) is 0 Å². The summed E-state index contributed by atoms with van der Waals surface area (Å²) in [5, 5.41) is 5.95. The van der Waals surface area contributed by atoms with Crippen molar-refractivity contribution in [3.05, 3.63) is 65.2 Å². The molecule has 10 heteroatoms. The molecule has 0 saturated heterocycles. The van der Waals surface area contributed by atoms with Gasteiger partial charge in [-0.05, 0) is 104 Å². The Morgan fingerprint density at radius 1 is 0.783 bits per heavy atom. The first-order valence-corrected chi connectivity index (χ1v) is 18.0. The van der Waals surface area contributed by atoms with E-state index in [2.05, 4.69) is 10.6 Å². The lowest BCUT2D eigenvalue weighted by Gasteiger charge is -2.35. The van der Waals surface area contributed by atoms with Crippen LogP contribution in [0.2, 0.25) is 0 Å². The van der Waals surface area contributed by atoms with Crippen LogP contribution in [0.15, 0.2) is 53.4 Å². The number of hydrogen-bond acceptors (Lipinski definition) is 8. The van der Waals surface area contributed by atoms with Crippen molar-refractivity contribution < 1.29 is 28.7 Å². The average Bonchev–Trinajstić information content (AvgIpc) is 2.90. The summed E-state index contributed by atoms with van der Waals surface area (Å²) in [6, 6.07) is 14.3. The minimum absolute atomic E-state index is 0.0601. The van der Waals surface area contributed by atoms with Crippen molar-refractivity contribution in [3.63, 3.8) is 0 Å². The van der Waals surface area contributed by atoms with Gasteiger partial charge in [-0.3, -0.25) is 14.4 Å². The van der Waals surface area contributed by atoms with Crippen LogP contribution in [0.25, 0.3) is 0 Å². The van der Waals surface area contributed by atoms with E-state index in [-0.39, 0.29) is 18.2 Å². The second kappa shape index (κ2) is 16.7. The first-order chi connectivity index (χ1) is 21.2. The van der Waals surface area contributed by atoms with Crippen molar-refractivity contribution in [1.29, 1.82) is 0 Å². The summed E-state index contributed by atoms with van der Waals surface area (Å²) in [6.07, 6.45) is 0.265. The number of carbonyl (C=O) groups is 4. The van der Waals surface area contributed by atoms with Crippen molar-refractivity contribution in [2.75, 3.05) is 5.75 Å². The van der Waals surface area contributed by atoms with Gasteiger partial charge in [-0.1, -0.05) is 71.8 Å². The highest BCUT2D eigenvalue weighted by Crippen LogP contribution is 2.37. The average molecular weight is 673 g/mol. The quantitative estimate of drug-likeness (QED) is 0.121. The van der Waals surface area contributed by atoms with Crippen LogP contribution < -0.4 is 10.6 Å². The molecule has 0 spiro atoms. The maximum Gasteiger partial charge on any atom is 0.329 e. The normalized spacial score (nSPS) is 14.5. The molecule has 8 nitrogen and oxygen atoms in total. The van der Waals surface area contributed by atoms with Crippen molar-refractivity contribution in [1.82, 2.24) is 10.6 Å². The molecule has 3 unspecified atom stereocenters. The van der Waals surface area contributed by atoms with Crippen LogP contribution in [0, 0.1) is 25.7 Å². The van der Waals surface area contributed by atoms with Crippen molar-refractivity contribution in [2.45, 2.75) is 117 Å². The van der Waals surface area contributed by atoms with Gasteiger partial charge < -0.3 is 20.1 Å². The third kappa shape index (κ3) is 13.4. The third-order valence-electron chi connectivity index (χ3n) is 6.80. The highest BCUT2D eigenvalue weighted by atomic mass is 33.1. The number of benzene rings is 2. The SMILES string of the molecule is Cc1ccccc1SSCC(C)(CC(C(=O)NC(CC(C)C)C(=O)OC(C)(C)C)C(=O)OC(C)(C)C)NC(=O)c1ccccc1C. The molecule has 2 aromatic carbocycles. The summed E-state index contributed by atoms with van der Waals surface area (Å²) >= 11 is 0. The number of nitrogens with one attached hydrogen (secondary N) is 2. The molecule has 2 amide bonds. The summed E-state index contributed by atoms with van der Waals surface area (Å²) in [6.45, 7) is 20.1. The van der Waals surface area contributed by atoms with E-state index in [0.29, 0.717) is 17.7 Å². The molecule has 0 fully saturated rings. The molecular weight excluding hydrogens is 621 g/mol. The molecule has 0 aromatic heterocycles. The van der Waals surface area contributed by atoms with Crippen molar-refractivity contribution >= 4 is 45.3 Å². The Hall–Kier alpha value is -2.98. The van der Waals surface area contributed by atoms with E-state index < -0.39 is 46.5 Å². The van der Waals surface area contributed by atoms with Gasteiger partial charge in [0.1, 0.15) is 23.2 Å². The largest absolute Gasteiger partial charge is 0.459 e. The minimum atomic E-state index is -1.32. The number of hydrogen-bond donors (Lipinski definition) is 2. The second-order valence-corrected chi connectivity index (χ2v) is 16.8. The number of esters is 2. The van der Waals surface area contributed by atoms with E-state index in [1.54, 1.807) is 64.5 Å².